The van der Waals surface area contributed by atoms with Gasteiger partial charge in [0.25, 0.3) is 6.43 Å². The average molecular weight is 420 g/mol. The fraction of sp³-hybridized carbons (Fsp3) is 0.400. The minimum Gasteiger partial charge on any atom is -0.469 e. The summed E-state index contributed by atoms with van der Waals surface area (Å²) in [6, 6.07) is 0. The van der Waals surface area contributed by atoms with Crippen LogP contribution in [0.3, 0.4) is 0 Å². The number of ether oxygens (including phenoxy) is 1. The molecule has 7 heteroatoms. The zero-order valence-electron chi connectivity index (χ0n) is 8.84. The highest BCUT2D eigenvalue weighted by Crippen LogP contribution is 2.30. The lowest BCUT2D eigenvalue weighted by atomic mass is 10.0. The van der Waals surface area contributed by atoms with E-state index < -0.39 is 12.4 Å². The molecule has 0 aliphatic carbocycles. The molecular formula is C10H9BrF2INO2. The fourth-order valence-electron chi connectivity index (χ4n) is 1.35. The summed E-state index contributed by atoms with van der Waals surface area (Å²) in [6.07, 6.45) is -1.46. The number of carbonyl (C=O) groups excluding carboxylic acids is 1. The topological polar surface area (TPSA) is 39.2 Å². The zero-order chi connectivity index (χ0) is 13.0. The monoisotopic (exact) mass is 419 g/mol. The van der Waals surface area contributed by atoms with Crippen LogP contribution in [0.4, 0.5) is 8.78 Å². The first kappa shape index (κ1) is 14.7. The van der Waals surface area contributed by atoms with Crippen LogP contribution in [0, 0.1) is 3.57 Å². The molecule has 0 aromatic carbocycles. The number of aromatic nitrogens is 1. The summed E-state index contributed by atoms with van der Waals surface area (Å²) in [5.74, 6) is -0.557. The molecule has 0 atom stereocenters. The first-order valence-corrected chi connectivity index (χ1v) is 6.78. The molecule has 1 rings (SSSR count). The van der Waals surface area contributed by atoms with Crippen molar-refractivity contribution in [2.24, 2.45) is 0 Å². The molecule has 0 spiro atoms. The third kappa shape index (κ3) is 3.57. The predicted octanol–water partition coefficient (Wildman–Crippen LogP) is 3.23. The lowest BCUT2D eigenvalue weighted by Gasteiger charge is -2.13. The van der Waals surface area contributed by atoms with E-state index in [1.54, 1.807) is 22.6 Å². The molecule has 17 heavy (non-hydrogen) atoms. The van der Waals surface area contributed by atoms with Gasteiger partial charge in [-0.1, -0.05) is 15.9 Å². The largest absolute Gasteiger partial charge is 0.469 e. The predicted molar refractivity (Wildman–Crippen MR) is 70.3 cm³/mol. The van der Waals surface area contributed by atoms with Gasteiger partial charge in [-0.25, -0.2) is 8.78 Å². The Balaban J connectivity index is 3.29. The number of alkyl halides is 3. The molecule has 0 bridgehead atoms. The maximum Gasteiger partial charge on any atom is 0.310 e. The molecular weight excluding hydrogens is 411 g/mol. The van der Waals surface area contributed by atoms with Gasteiger partial charge >= 0.3 is 5.97 Å². The van der Waals surface area contributed by atoms with Crippen LogP contribution < -0.4 is 0 Å². The van der Waals surface area contributed by atoms with Crippen molar-refractivity contribution < 1.29 is 18.3 Å². The molecule has 0 unspecified atom stereocenters. The van der Waals surface area contributed by atoms with Crippen LogP contribution in [0.15, 0.2) is 6.20 Å². The Labute approximate surface area is 119 Å². The van der Waals surface area contributed by atoms with E-state index in [0.29, 0.717) is 14.6 Å². The number of hydrogen-bond acceptors (Lipinski definition) is 3. The van der Waals surface area contributed by atoms with E-state index in [1.165, 1.54) is 13.3 Å². The van der Waals surface area contributed by atoms with Crippen LogP contribution in [0.25, 0.3) is 0 Å². The summed E-state index contributed by atoms with van der Waals surface area (Å²) in [4.78, 5) is 15.3. The van der Waals surface area contributed by atoms with E-state index in [0.717, 1.165) is 0 Å². The van der Waals surface area contributed by atoms with Gasteiger partial charge in [-0.3, -0.25) is 9.78 Å². The van der Waals surface area contributed by atoms with Crippen molar-refractivity contribution >= 4 is 44.5 Å². The fourth-order valence-corrected chi connectivity index (χ4v) is 2.53. The summed E-state index contributed by atoms with van der Waals surface area (Å²) in [7, 11) is 1.22. The highest BCUT2D eigenvalue weighted by Gasteiger charge is 2.22. The summed E-state index contributed by atoms with van der Waals surface area (Å²) in [6.45, 7) is 0. The minimum atomic E-state index is -2.64. The van der Waals surface area contributed by atoms with Crippen LogP contribution in [-0.4, -0.2) is 18.1 Å². The Kier molecular flexibility index (Phi) is 5.71. The van der Waals surface area contributed by atoms with Crippen molar-refractivity contribution in [2.75, 3.05) is 7.11 Å². The molecule has 0 radical (unpaired) electrons. The van der Waals surface area contributed by atoms with Gasteiger partial charge < -0.3 is 4.74 Å². The molecule has 0 aliphatic heterocycles. The first-order chi connectivity index (χ1) is 8.01. The van der Waals surface area contributed by atoms with Gasteiger partial charge in [-0.15, -0.1) is 0 Å². The Morgan fingerprint density at radius 2 is 2.29 bits per heavy atom. The summed E-state index contributed by atoms with van der Waals surface area (Å²) in [5, 5.41) is 0.315. The molecule has 0 amide bonds. The maximum atomic E-state index is 13.0. The van der Waals surface area contributed by atoms with Crippen LogP contribution in [0.2, 0.25) is 0 Å². The van der Waals surface area contributed by atoms with E-state index in [4.69, 9.17) is 0 Å². The highest BCUT2D eigenvalue weighted by molar-refractivity contribution is 14.1. The zero-order valence-corrected chi connectivity index (χ0v) is 12.6. The Hall–Kier alpha value is -0.310. The number of esters is 1. The van der Waals surface area contributed by atoms with Crippen molar-refractivity contribution in [3.05, 3.63) is 26.6 Å². The molecule has 0 saturated heterocycles. The van der Waals surface area contributed by atoms with Gasteiger partial charge in [0.1, 0.15) is 0 Å². The van der Waals surface area contributed by atoms with Crippen LogP contribution in [0.5, 0.6) is 0 Å². The van der Waals surface area contributed by atoms with Crippen LogP contribution >= 0.6 is 38.5 Å². The second-order valence-electron chi connectivity index (χ2n) is 3.13. The number of halogens is 4. The van der Waals surface area contributed by atoms with Gasteiger partial charge in [0, 0.05) is 20.7 Å². The van der Waals surface area contributed by atoms with Gasteiger partial charge in [-0.05, 0) is 28.2 Å². The first-order valence-electron chi connectivity index (χ1n) is 4.58. The van der Waals surface area contributed by atoms with E-state index in [2.05, 4.69) is 25.7 Å². The second kappa shape index (κ2) is 6.58. The third-order valence-corrected chi connectivity index (χ3v) is 3.55. The summed E-state index contributed by atoms with van der Waals surface area (Å²) >= 11 is 4.95. The van der Waals surface area contributed by atoms with Gasteiger partial charge in [0.2, 0.25) is 0 Å². The van der Waals surface area contributed by atoms with Crippen molar-refractivity contribution in [1.29, 1.82) is 0 Å². The van der Waals surface area contributed by atoms with Gasteiger partial charge in [0.05, 0.1) is 19.2 Å². The number of pyridine rings is 1. The van der Waals surface area contributed by atoms with Gasteiger partial charge in [-0.2, -0.15) is 0 Å². The average Bonchev–Trinajstić information content (AvgIpc) is 2.28. The highest BCUT2D eigenvalue weighted by atomic mass is 127. The normalized spacial score (nSPS) is 10.7. The van der Waals surface area contributed by atoms with Crippen LogP contribution in [0.1, 0.15) is 23.2 Å². The second-order valence-corrected chi connectivity index (χ2v) is 4.86. The molecule has 0 aliphatic rings. The molecule has 0 saturated carbocycles. The van der Waals surface area contributed by atoms with E-state index >= 15 is 0 Å². The number of carbonyl (C=O) groups is 1. The van der Waals surface area contributed by atoms with Crippen molar-refractivity contribution in [3.63, 3.8) is 0 Å². The third-order valence-electron chi connectivity index (χ3n) is 2.16. The Morgan fingerprint density at radius 3 is 2.76 bits per heavy atom. The standard InChI is InChI=1S/C10H9BrF2INO2/c1-17-8(16)2-5-7(3-11)15-4-6(14)9(5)10(12)13/h4,10H,2-3H2,1H3. The smallest absolute Gasteiger partial charge is 0.310 e. The number of nitrogens with zero attached hydrogens (tertiary/aromatic N) is 1. The Bertz CT molecular complexity index is 429. The molecule has 0 fully saturated rings. The molecule has 1 aromatic heterocycles. The lowest BCUT2D eigenvalue weighted by Crippen LogP contribution is -2.12. The van der Waals surface area contributed by atoms with Gasteiger partial charge in [0.15, 0.2) is 0 Å². The maximum absolute atomic E-state index is 13.0. The number of hydrogen-bond donors (Lipinski definition) is 0. The van der Waals surface area contributed by atoms with Crippen molar-refractivity contribution in [2.45, 2.75) is 18.2 Å². The summed E-state index contributed by atoms with van der Waals surface area (Å²) < 4.78 is 30.8. The lowest BCUT2D eigenvalue weighted by molar-refractivity contribution is -0.139. The number of methoxy groups -OCH3 is 1. The quantitative estimate of drug-likeness (QED) is 0.427. The van der Waals surface area contributed by atoms with E-state index in [9.17, 15) is 13.6 Å². The molecule has 94 valence electrons. The van der Waals surface area contributed by atoms with Crippen LogP contribution in [-0.2, 0) is 21.3 Å². The summed E-state index contributed by atoms with van der Waals surface area (Å²) in [5.41, 5.74) is 0.544. The van der Waals surface area contributed by atoms with E-state index in [-0.39, 0.29) is 17.5 Å². The Morgan fingerprint density at radius 1 is 1.65 bits per heavy atom. The molecule has 1 aromatic rings. The van der Waals surface area contributed by atoms with E-state index in [1.807, 2.05) is 0 Å². The molecule has 1 heterocycles. The van der Waals surface area contributed by atoms with Crippen molar-refractivity contribution in [1.82, 2.24) is 4.98 Å². The molecule has 0 N–H and O–H groups in total. The SMILES string of the molecule is COC(=O)Cc1c(CBr)ncc(I)c1C(F)F. The number of rotatable bonds is 4. The van der Waals surface area contributed by atoms with Crippen molar-refractivity contribution in [3.8, 4) is 0 Å². The minimum absolute atomic E-state index is 0.138. The molecule has 3 nitrogen and oxygen atoms in total.